The van der Waals surface area contributed by atoms with Gasteiger partial charge in [0, 0.05) is 12.0 Å². The zero-order valence-electron chi connectivity index (χ0n) is 10.9. The molecule has 0 bridgehead atoms. The summed E-state index contributed by atoms with van der Waals surface area (Å²) in [5.41, 5.74) is 1.69. The number of rotatable bonds is 2. The Hall–Kier alpha value is -2.21. The van der Waals surface area contributed by atoms with Crippen molar-refractivity contribution in [2.75, 3.05) is 13.7 Å². The van der Waals surface area contributed by atoms with Gasteiger partial charge in [-0.25, -0.2) is 9.37 Å². The van der Waals surface area contributed by atoms with Crippen LogP contribution in [0.1, 0.15) is 11.3 Å². The minimum atomic E-state index is -0.454. The first-order valence-corrected chi connectivity index (χ1v) is 6.23. The molecule has 1 N–H and O–H groups in total. The molecule has 0 fully saturated rings. The van der Waals surface area contributed by atoms with Gasteiger partial charge >= 0.3 is 0 Å². The highest BCUT2D eigenvalue weighted by atomic mass is 19.1. The molecule has 20 heavy (non-hydrogen) atoms. The lowest BCUT2D eigenvalue weighted by molar-refractivity contribution is 0.108. The molecule has 0 atom stereocenters. The lowest BCUT2D eigenvalue weighted by Gasteiger charge is -2.15. The molecule has 0 saturated heterocycles. The lowest BCUT2D eigenvalue weighted by atomic mass is 10.1. The Morgan fingerprint density at radius 3 is 3.10 bits per heavy atom. The fraction of sp³-hybridized carbons (Fsp3) is 0.286. The van der Waals surface area contributed by atoms with Crippen LogP contribution in [-0.2, 0) is 17.8 Å². The third-order valence-corrected chi connectivity index (χ3v) is 3.26. The number of hydrogen-bond donors (Lipinski definition) is 1. The monoisotopic (exact) mass is 276 g/mol. The van der Waals surface area contributed by atoms with Crippen molar-refractivity contribution in [3.05, 3.63) is 45.6 Å². The van der Waals surface area contributed by atoms with Gasteiger partial charge in [0.05, 0.1) is 31.6 Å². The van der Waals surface area contributed by atoms with Crippen LogP contribution in [0.25, 0.3) is 11.4 Å². The van der Waals surface area contributed by atoms with E-state index in [1.165, 1.54) is 19.2 Å². The molecule has 0 radical (unpaired) electrons. The molecule has 1 aliphatic rings. The predicted molar refractivity (Wildman–Crippen MR) is 70.2 cm³/mol. The Bertz CT molecular complexity index is 712. The van der Waals surface area contributed by atoms with Gasteiger partial charge in [0.1, 0.15) is 5.82 Å². The van der Waals surface area contributed by atoms with E-state index in [1.54, 1.807) is 6.07 Å². The molecular weight excluding hydrogens is 263 g/mol. The van der Waals surface area contributed by atoms with Gasteiger partial charge in [-0.1, -0.05) is 0 Å². The van der Waals surface area contributed by atoms with E-state index in [0.717, 1.165) is 5.69 Å². The van der Waals surface area contributed by atoms with Gasteiger partial charge in [-0.2, -0.15) is 0 Å². The largest absolute Gasteiger partial charge is 0.494 e. The van der Waals surface area contributed by atoms with Crippen LogP contribution in [0.2, 0.25) is 0 Å². The molecule has 0 unspecified atom stereocenters. The fourth-order valence-electron chi connectivity index (χ4n) is 2.19. The molecule has 5 nitrogen and oxygen atoms in total. The predicted octanol–water partition coefficient (Wildman–Crippen LogP) is 1.66. The second kappa shape index (κ2) is 5.05. The highest BCUT2D eigenvalue weighted by Crippen LogP contribution is 2.24. The minimum Gasteiger partial charge on any atom is -0.494 e. The molecule has 2 aromatic rings. The number of aromatic amines is 1. The fourth-order valence-corrected chi connectivity index (χ4v) is 2.19. The summed E-state index contributed by atoms with van der Waals surface area (Å²) in [6, 6.07) is 4.36. The normalized spacial score (nSPS) is 13.9. The Labute approximate surface area is 114 Å². The highest BCUT2D eigenvalue weighted by Gasteiger charge is 2.17. The molecule has 1 aromatic carbocycles. The van der Waals surface area contributed by atoms with Crippen molar-refractivity contribution in [3.63, 3.8) is 0 Å². The third kappa shape index (κ3) is 2.18. The van der Waals surface area contributed by atoms with E-state index in [2.05, 4.69) is 9.97 Å². The van der Waals surface area contributed by atoms with Crippen LogP contribution >= 0.6 is 0 Å². The Morgan fingerprint density at radius 1 is 1.45 bits per heavy atom. The highest BCUT2D eigenvalue weighted by molar-refractivity contribution is 5.58. The number of aromatic nitrogens is 2. The summed E-state index contributed by atoms with van der Waals surface area (Å²) in [7, 11) is 1.39. The quantitative estimate of drug-likeness (QED) is 0.906. The first-order valence-electron chi connectivity index (χ1n) is 6.23. The Balaban J connectivity index is 2.11. The van der Waals surface area contributed by atoms with Crippen molar-refractivity contribution in [2.45, 2.75) is 13.0 Å². The Morgan fingerprint density at radius 2 is 2.30 bits per heavy atom. The average molecular weight is 276 g/mol. The molecule has 2 heterocycles. The van der Waals surface area contributed by atoms with Gasteiger partial charge in [0.25, 0.3) is 5.56 Å². The van der Waals surface area contributed by atoms with Crippen LogP contribution in [0.4, 0.5) is 4.39 Å². The van der Waals surface area contributed by atoms with E-state index in [-0.39, 0.29) is 17.9 Å². The van der Waals surface area contributed by atoms with Gasteiger partial charge in [-0.3, -0.25) is 4.79 Å². The molecule has 0 spiro atoms. The molecule has 1 aliphatic heterocycles. The number of fused-ring (bicyclic) bond motifs is 1. The summed E-state index contributed by atoms with van der Waals surface area (Å²) in [5, 5.41) is 0. The topological polar surface area (TPSA) is 64.2 Å². The SMILES string of the molecule is COc1cc(-c2nc3c(c(=O)[nH]2)COCC3)ccc1F. The van der Waals surface area contributed by atoms with Crippen molar-refractivity contribution >= 4 is 0 Å². The maximum absolute atomic E-state index is 13.4. The van der Waals surface area contributed by atoms with Crippen molar-refractivity contribution in [1.29, 1.82) is 0 Å². The molecule has 6 heteroatoms. The number of hydrogen-bond acceptors (Lipinski definition) is 4. The number of methoxy groups -OCH3 is 1. The second-order valence-corrected chi connectivity index (χ2v) is 4.49. The minimum absolute atomic E-state index is 0.117. The number of H-pyrrole nitrogens is 1. The van der Waals surface area contributed by atoms with Gasteiger partial charge < -0.3 is 14.5 Å². The molecule has 3 rings (SSSR count). The van der Waals surface area contributed by atoms with Gasteiger partial charge in [-0.05, 0) is 18.2 Å². The van der Waals surface area contributed by atoms with Crippen LogP contribution in [0.3, 0.4) is 0 Å². The summed E-state index contributed by atoms with van der Waals surface area (Å²) in [6.07, 6.45) is 0.602. The standard InChI is InChI=1S/C14H13FN2O3/c1-19-12-6-8(2-3-10(12)15)13-16-11-4-5-20-7-9(11)14(18)17-13/h2-3,6H,4-5,7H2,1H3,(H,16,17,18). The molecule has 0 amide bonds. The summed E-state index contributed by atoms with van der Waals surface area (Å²) < 4.78 is 23.6. The molecule has 0 saturated carbocycles. The first kappa shape index (κ1) is 12.8. The molecule has 1 aromatic heterocycles. The number of nitrogens with zero attached hydrogens (tertiary/aromatic N) is 1. The van der Waals surface area contributed by atoms with Crippen LogP contribution < -0.4 is 10.3 Å². The third-order valence-electron chi connectivity index (χ3n) is 3.26. The number of halogens is 1. The number of nitrogens with one attached hydrogen (secondary N) is 1. The number of benzene rings is 1. The van der Waals surface area contributed by atoms with Crippen molar-refractivity contribution in [1.82, 2.24) is 9.97 Å². The van der Waals surface area contributed by atoms with Gasteiger partial charge in [0.15, 0.2) is 11.6 Å². The summed E-state index contributed by atoms with van der Waals surface area (Å²) in [5.74, 6) is 0.0742. The average Bonchev–Trinajstić information content (AvgIpc) is 2.47. The lowest BCUT2D eigenvalue weighted by Crippen LogP contribution is -2.24. The van der Waals surface area contributed by atoms with Crippen molar-refractivity contribution < 1.29 is 13.9 Å². The van der Waals surface area contributed by atoms with Crippen LogP contribution in [0.5, 0.6) is 5.75 Å². The van der Waals surface area contributed by atoms with E-state index in [0.29, 0.717) is 30.0 Å². The van der Waals surface area contributed by atoms with Gasteiger partial charge in [0.2, 0.25) is 0 Å². The summed E-state index contributed by atoms with van der Waals surface area (Å²) in [6.45, 7) is 0.834. The maximum Gasteiger partial charge on any atom is 0.256 e. The van der Waals surface area contributed by atoms with Crippen LogP contribution in [-0.4, -0.2) is 23.7 Å². The maximum atomic E-state index is 13.4. The second-order valence-electron chi connectivity index (χ2n) is 4.49. The van der Waals surface area contributed by atoms with E-state index in [9.17, 15) is 9.18 Å². The zero-order chi connectivity index (χ0) is 14.1. The summed E-state index contributed by atoms with van der Waals surface area (Å²) >= 11 is 0. The molecule has 0 aliphatic carbocycles. The molecular formula is C14H13FN2O3. The first-order chi connectivity index (χ1) is 9.69. The smallest absolute Gasteiger partial charge is 0.256 e. The van der Waals surface area contributed by atoms with E-state index in [1.807, 2.05) is 0 Å². The van der Waals surface area contributed by atoms with Crippen molar-refractivity contribution in [3.8, 4) is 17.1 Å². The molecule has 104 valence electrons. The zero-order valence-corrected chi connectivity index (χ0v) is 10.9. The van der Waals surface area contributed by atoms with E-state index in [4.69, 9.17) is 9.47 Å². The Kier molecular flexibility index (Phi) is 3.23. The van der Waals surface area contributed by atoms with Crippen molar-refractivity contribution in [2.24, 2.45) is 0 Å². The van der Waals surface area contributed by atoms with Crippen LogP contribution in [0, 0.1) is 5.82 Å². The van der Waals surface area contributed by atoms with Gasteiger partial charge in [-0.15, -0.1) is 0 Å². The number of ether oxygens (including phenoxy) is 2. The summed E-state index contributed by atoms with van der Waals surface area (Å²) in [4.78, 5) is 19.1. The van der Waals surface area contributed by atoms with E-state index >= 15 is 0 Å². The van der Waals surface area contributed by atoms with Crippen LogP contribution in [0.15, 0.2) is 23.0 Å². The van der Waals surface area contributed by atoms with E-state index < -0.39 is 5.82 Å².